The second kappa shape index (κ2) is 8.09. The van der Waals surface area contributed by atoms with Gasteiger partial charge in [0.05, 0.1) is 11.3 Å². The largest absolute Gasteiger partial charge is 0.350 e. The summed E-state index contributed by atoms with van der Waals surface area (Å²) in [6.45, 7) is 2.71. The van der Waals surface area contributed by atoms with Crippen molar-refractivity contribution in [1.82, 2.24) is 20.3 Å². The molecule has 0 bridgehead atoms. The molecule has 1 saturated heterocycles. The van der Waals surface area contributed by atoms with Crippen LogP contribution in [0.5, 0.6) is 0 Å². The number of fused-ring (bicyclic) bond motifs is 1. The topological polar surface area (TPSA) is 62.7 Å². The summed E-state index contributed by atoms with van der Waals surface area (Å²) >= 11 is 1.58. The summed E-state index contributed by atoms with van der Waals surface area (Å²) in [4.78, 5) is 13.2. The highest BCUT2D eigenvalue weighted by Gasteiger charge is 2.32. The van der Waals surface area contributed by atoms with Gasteiger partial charge in [-0.25, -0.2) is 23.7 Å². The Balaban J connectivity index is 1.51. The van der Waals surface area contributed by atoms with E-state index in [-0.39, 0.29) is 11.6 Å². The maximum Gasteiger partial charge on any atom is 0.274 e. The summed E-state index contributed by atoms with van der Waals surface area (Å²) in [6, 6.07) is 6.27. The lowest BCUT2D eigenvalue weighted by molar-refractivity contribution is 0.0165. The number of hydrogen-bond acceptors (Lipinski definition) is 6. The highest BCUT2D eigenvalue weighted by atomic mass is 32.1. The van der Waals surface area contributed by atoms with Gasteiger partial charge in [0.2, 0.25) is 5.95 Å². The average Bonchev–Trinajstić information content (AvgIpc) is 3.43. The van der Waals surface area contributed by atoms with Gasteiger partial charge in [-0.3, -0.25) is 0 Å². The number of thiazole rings is 1. The summed E-state index contributed by atoms with van der Waals surface area (Å²) in [5.74, 6) is -2.64. The molecular weight excluding hydrogens is 416 g/mol. The van der Waals surface area contributed by atoms with Crippen LogP contribution in [0.4, 0.5) is 14.7 Å². The smallest absolute Gasteiger partial charge is 0.274 e. The van der Waals surface area contributed by atoms with E-state index in [0.717, 1.165) is 60.1 Å². The van der Waals surface area contributed by atoms with Crippen molar-refractivity contribution in [2.45, 2.75) is 38.2 Å². The van der Waals surface area contributed by atoms with E-state index in [1.165, 1.54) is 6.20 Å². The van der Waals surface area contributed by atoms with Gasteiger partial charge in [-0.15, -0.1) is 11.3 Å². The minimum Gasteiger partial charge on any atom is -0.350 e. The van der Waals surface area contributed by atoms with Crippen molar-refractivity contribution in [3.63, 3.8) is 0 Å². The number of allylic oxidation sites excluding steroid dienone is 1. The zero-order valence-electron chi connectivity index (χ0n) is 17.2. The SMILES string of the molecule is CC(F)(F)c1cnc(N[C@H]2CCCNC2)nc1C1=CCc2cc(-c3nccs3)ccc21. The predicted octanol–water partition coefficient (Wildman–Crippen LogP) is 4.86. The highest BCUT2D eigenvalue weighted by Crippen LogP contribution is 2.40. The molecule has 0 spiro atoms. The van der Waals surface area contributed by atoms with Crippen LogP contribution >= 0.6 is 11.3 Å². The Morgan fingerprint density at radius 2 is 2.16 bits per heavy atom. The first-order valence-corrected chi connectivity index (χ1v) is 11.3. The molecule has 0 unspecified atom stereocenters. The number of hydrogen-bond donors (Lipinski definition) is 2. The number of rotatable bonds is 5. The molecule has 2 aromatic heterocycles. The molecule has 0 amide bonds. The monoisotopic (exact) mass is 439 g/mol. The maximum absolute atomic E-state index is 14.4. The molecule has 1 atom stereocenters. The fraction of sp³-hybridized carbons (Fsp3) is 0.348. The Labute approximate surface area is 183 Å². The van der Waals surface area contributed by atoms with Crippen LogP contribution < -0.4 is 10.6 Å². The standard InChI is InChI=1S/C23H23F2N5S/c1-23(24,25)19-13-28-22(29-16-3-2-8-26-12-16)30-20(19)18-7-4-14-11-15(5-6-17(14)18)21-27-9-10-31-21/h5-7,9-11,13,16,26H,2-4,8,12H2,1H3,(H,28,29,30)/t16-/m0/s1. The fourth-order valence-corrected chi connectivity index (χ4v) is 4.84. The third-order valence-electron chi connectivity index (χ3n) is 5.75. The van der Waals surface area contributed by atoms with Crippen molar-refractivity contribution in [2.24, 2.45) is 0 Å². The molecule has 1 aromatic carbocycles. The van der Waals surface area contributed by atoms with Gasteiger partial charge in [0.1, 0.15) is 5.01 Å². The Morgan fingerprint density at radius 3 is 2.90 bits per heavy atom. The second-order valence-corrected chi connectivity index (χ2v) is 8.96. The fourth-order valence-electron chi connectivity index (χ4n) is 4.21. The summed E-state index contributed by atoms with van der Waals surface area (Å²) < 4.78 is 28.9. The van der Waals surface area contributed by atoms with Crippen molar-refractivity contribution in [1.29, 1.82) is 0 Å². The van der Waals surface area contributed by atoms with Gasteiger partial charge in [-0.2, -0.15) is 0 Å². The average molecular weight is 440 g/mol. The molecule has 5 rings (SSSR count). The van der Waals surface area contributed by atoms with Crippen LogP contribution in [0.25, 0.3) is 16.1 Å². The Bertz CT molecular complexity index is 1120. The van der Waals surface area contributed by atoms with Gasteiger partial charge in [0, 0.05) is 48.4 Å². The number of anilines is 1. The van der Waals surface area contributed by atoms with Crippen LogP contribution in [0, 0.1) is 0 Å². The first-order chi connectivity index (χ1) is 15.0. The zero-order chi connectivity index (χ0) is 21.4. The van der Waals surface area contributed by atoms with Gasteiger partial charge in [0.15, 0.2) is 0 Å². The molecule has 0 saturated carbocycles. The van der Waals surface area contributed by atoms with Gasteiger partial charge in [-0.05, 0) is 43.0 Å². The molecule has 0 radical (unpaired) electrons. The number of alkyl halides is 2. The van der Waals surface area contributed by atoms with Crippen LogP contribution in [-0.2, 0) is 12.3 Å². The van der Waals surface area contributed by atoms with Gasteiger partial charge < -0.3 is 10.6 Å². The van der Waals surface area contributed by atoms with Gasteiger partial charge >= 0.3 is 0 Å². The Kier molecular flexibility index (Phi) is 5.27. The number of benzene rings is 1. The van der Waals surface area contributed by atoms with E-state index in [2.05, 4.69) is 31.7 Å². The van der Waals surface area contributed by atoms with Crippen molar-refractivity contribution < 1.29 is 8.78 Å². The highest BCUT2D eigenvalue weighted by molar-refractivity contribution is 7.13. The van der Waals surface area contributed by atoms with Gasteiger partial charge in [0.25, 0.3) is 5.92 Å². The van der Waals surface area contributed by atoms with Crippen LogP contribution in [0.3, 0.4) is 0 Å². The van der Waals surface area contributed by atoms with E-state index in [1.54, 1.807) is 17.5 Å². The predicted molar refractivity (Wildman–Crippen MR) is 119 cm³/mol. The molecule has 3 aromatic rings. The quantitative estimate of drug-likeness (QED) is 0.594. The van der Waals surface area contributed by atoms with E-state index in [9.17, 15) is 8.78 Å². The van der Waals surface area contributed by atoms with E-state index in [0.29, 0.717) is 18.1 Å². The lowest BCUT2D eigenvalue weighted by Gasteiger charge is -2.24. The molecule has 3 heterocycles. The molecule has 8 heteroatoms. The third kappa shape index (κ3) is 4.09. The van der Waals surface area contributed by atoms with Crippen LogP contribution in [0.2, 0.25) is 0 Å². The number of halogens is 2. The van der Waals surface area contributed by atoms with E-state index < -0.39 is 5.92 Å². The molecular formula is C23H23F2N5S. The number of piperidine rings is 1. The van der Waals surface area contributed by atoms with Crippen LogP contribution in [-0.4, -0.2) is 34.1 Å². The molecule has 31 heavy (non-hydrogen) atoms. The van der Waals surface area contributed by atoms with Gasteiger partial charge in [-0.1, -0.05) is 18.2 Å². The molecule has 1 aliphatic heterocycles. The normalized spacial score (nSPS) is 18.5. The molecule has 160 valence electrons. The molecule has 5 nitrogen and oxygen atoms in total. The third-order valence-corrected chi connectivity index (χ3v) is 6.57. The maximum atomic E-state index is 14.4. The second-order valence-electron chi connectivity index (χ2n) is 8.06. The summed E-state index contributed by atoms with van der Waals surface area (Å²) in [6.07, 6.45) is 7.78. The van der Waals surface area contributed by atoms with Crippen LogP contribution in [0.15, 0.2) is 42.0 Å². The first-order valence-electron chi connectivity index (χ1n) is 10.5. The minimum absolute atomic E-state index is 0.150. The zero-order valence-corrected chi connectivity index (χ0v) is 18.0. The van der Waals surface area contributed by atoms with E-state index in [1.807, 2.05) is 23.6 Å². The summed E-state index contributed by atoms with van der Waals surface area (Å²) in [5, 5.41) is 9.54. The first kappa shape index (κ1) is 20.2. The Hall–Kier alpha value is -2.71. The van der Waals surface area contributed by atoms with Crippen molar-refractivity contribution in [3.05, 3.63) is 64.4 Å². The molecule has 2 aliphatic rings. The molecule has 1 aliphatic carbocycles. The number of nitrogens with one attached hydrogen (secondary N) is 2. The lowest BCUT2D eigenvalue weighted by atomic mass is 9.97. The summed E-state index contributed by atoms with van der Waals surface area (Å²) in [5.41, 5.74) is 3.97. The van der Waals surface area contributed by atoms with Crippen molar-refractivity contribution in [2.75, 3.05) is 18.4 Å². The number of aromatic nitrogens is 3. The van der Waals surface area contributed by atoms with Crippen molar-refractivity contribution >= 4 is 22.9 Å². The van der Waals surface area contributed by atoms with Crippen molar-refractivity contribution in [3.8, 4) is 10.6 Å². The Morgan fingerprint density at radius 1 is 1.26 bits per heavy atom. The molecule has 2 N–H and O–H groups in total. The van der Waals surface area contributed by atoms with E-state index in [4.69, 9.17) is 0 Å². The van der Waals surface area contributed by atoms with E-state index >= 15 is 0 Å². The minimum atomic E-state index is -3.04. The lowest BCUT2D eigenvalue weighted by Crippen LogP contribution is -2.38. The number of nitrogens with zero attached hydrogens (tertiary/aromatic N) is 3. The molecule has 1 fully saturated rings. The summed E-state index contributed by atoms with van der Waals surface area (Å²) in [7, 11) is 0. The van der Waals surface area contributed by atoms with Crippen LogP contribution in [0.1, 0.15) is 42.1 Å².